The van der Waals surface area contributed by atoms with Gasteiger partial charge < -0.3 is 10.1 Å². The second-order valence-corrected chi connectivity index (χ2v) is 6.83. The Morgan fingerprint density at radius 2 is 1.93 bits per heavy atom. The van der Waals surface area contributed by atoms with Crippen LogP contribution in [0.3, 0.4) is 0 Å². The van der Waals surface area contributed by atoms with Crippen LogP contribution >= 0.6 is 0 Å². The molecular weight excluding hydrogens is 338 g/mol. The van der Waals surface area contributed by atoms with E-state index >= 15 is 0 Å². The van der Waals surface area contributed by atoms with Crippen LogP contribution in [0.1, 0.15) is 38.8 Å². The number of aromatic nitrogens is 2. The summed E-state index contributed by atoms with van der Waals surface area (Å²) in [5.74, 6) is 1.66. The highest BCUT2D eigenvalue weighted by molar-refractivity contribution is 5.97. The number of para-hydroxylation sites is 2. The van der Waals surface area contributed by atoms with Crippen molar-refractivity contribution < 1.29 is 9.53 Å². The third kappa shape index (κ3) is 2.99. The van der Waals surface area contributed by atoms with Crippen molar-refractivity contribution in [3.05, 3.63) is 65.4 Å². The first-order valence-corrected chi connectivity index (χ1v) is 9.28. The van der Waals surface area contributed by atoms with E-state index in [4.69, 9.17) is 9.72 Å². The predicted molar refractivity (Wildman–Crippen MR) is 107 cm³/mol. The van der Waals surface area contributed by atoms with E-state index in [0.717, 1.165) is 46.0 Å². The van der Waals surface area contributed by atoms with Gasteiger partial charge in [0.25, 0.3) is 0 Å². The monoisotopic (exact) mass is 361 g/mol. The lowest BCUT2D eigenvalue weighted by molar-refractivity contribution is -0.114. The van der Waals surface area contributed by atoms with Crippen molar-refractivity contribution in [2.75, 3.05) is 11.9 Å². The minimum Gasteiger partial charge on any atom is -0.494 e. The van der Waals surface area contributed by atoms with Crippen LogP contribution in [-0.4, -0.2) is 21.9 Å². The topological polar surface area (TPSA) is 56.1 Å². The average molecular weight is 361 g/mol. The maximum atomic E-state index is 12.5. The van der Waals surface area contributed by atoms with E-state index in [1.807, 2.05) is 55.5 Å². The summed E-state index contributed by atoms with van der Waals surface area (Å²) in [6, 6.07) is 15.8. The molecule has 0 aliphatic carbocycles. The number of fused-ring (bicyclic) bond motifs is 3. The first kappa shape index (κ1) is 17.3. The Bertz CT molecular complexity index is 1030. The summed E-state index contributed by atoms with van der Waals surface area (Å²) in [4.78, 5) is 17.2. The van der Waals surface area contributed by atoms with Gasteiger partial charge >= 0.3 is 0 Å². The van der Waals surface area contributed by atoms with Gasteiger partial charge in [-0.3, -0.25) is 9.36 Å². The zero-order valence-corrected chi connectivity index (χ0v) is 15.8. The molecule has 1 aromatic heterocycles. The fourth-order valence-corrected chi connectivity index (χ4v) is 3.70. The van der Waals surface area contributed by atoms with Gasteiger partial charge in [-0.1, -0.05) is 31.2 Å². The number of nitrogens with zero attached hydrogens (tertiary/aromatic N) is 2. The van der Waals surface area contributed by atoms with Crippen LogP contribution in [0.25, 0.3) is 11.0 Å². The largest absolute Gasteiger partial charge is 0.494 e. The van der Waals surface area contributed by atoms with Gasteiger partial charge in [-0.25, -0.2) is 4.98 Å². The zero-order chi connectivity index (χ0) is 19.0. The highest BCUT2D eigenvalue weighted by Crippen LogP contribution is 2.39. The number of ketones is 1. The van der Waals surface area contributed by atoms with Crippen molar-refractivity contribution in [2.24, 2.45) is 0 Å². The summed E-state index contributed by atoms with van der Waals surface area (Å²) in [7, 11) is 0. The van der Waals surface area contributed by atoms with Gasteiger partial charge in [0.1, 0.15) is 5.75 Å². The molecule has 0 unspecified atom stereocenters. The van der Waals surface area contributed by atoms with Crippen LogP contribution in [0.15, 0.2) is 59.8 Å². The fourth-order valence-electron chi connectivity index (χ4n) is 3.70. The molecule has 5 heteroatoms. The molecule has 1 atom stereocenters. The van der Waals surface area contributed by atoms with Gasteiger partial charge in [0.05, 0.1) is 23.7 Å². The molecule has 2 heterocycles. The minimum atomic E-state index is -0.216. The molecule has 5 nitrogen and oxygen atoms in total. The van der Waals surface area contributed by atoms with Crippen molar-refractivity contribution in [1.82, 2.24) is 9.55 Å². The summed E-state index contributed by atoms with van der Waals surface area (Å²) < 4.78 is 7.82. The molecule has 1 aliphatic heterocycles. The predicted octanol–water partition coefficient (Wildman–Crippen LogP) is 4.70. The van der Waals surface area contributed by atoms with E-state index < -0.39 is 0 Å². The molecule has 0 spiro atoms. The number of imidazole rings is 1. The lowest BCUT2D eigenvalue weighted by Crippen LogP contribution is -2.26. The molecule has 1 aliphatic rings. The number of rotatable bonds is 5. The number of hydrogen-bond donors (Lipinski definition) is 1. The van der Waals surface area contributed by atoms with Gasteiger partial charge in [-0.05, 0) is 50.1 Å². The second kappa shape index (κ2) is 6.91. The van der Waals surface area contributed by atoms with E-state index in [0.29, 0.717) is 6.61 Å². The molecule has 0 amide bonds. The van der Waals surface area contributed by atoms with Crippen molar-refractivity contribution in [1.29, 1.82) is 0 Å². The molecule has 0 saturated carbocycles. The van der Waals surface area contributed by atoms with Gasteiger partial charge in [0.2, 0.25) is 5.95 Å². The maximum Gasteiger partial charge on any atom is 0.209 e. The van der Waals surface area contributed by atoms with E-state index in [-0.39, 0.29) is 11.8 Å². The molecule has 1 N–H and O–H groups in total. The third-order valence-corrected chi connectivity index (χ3v) is 4.88. The molecule has 0 fully saturated rings. The van der Waals surface area contributed by atoms with Crippen LogP contribution in [-0.2, 0) is 4.79 Å². The van der Waals surface area contributed by atoms with Crippen molar-refractivity contribution in [3.8, 4) is 5.75 Å². The smallest absolute Gasteiger partial charge is 0.209 e. The molecule has 27 heavy (non-hydrogen) atoms. The fraction of sp³-hybridized carbons (Fsp3) is 0.273. The Labute approximate surface area is 158 Å². The van der Waals surface area contributed by atoms with Crippen LogP contribution < -0.4 is 10.1 Å². The summed E-state index contributed by atoms with van der Waals surface area (Å²) in [6.45, 7) is 6.34. The lowest BCUT2D eigenvalue weighted by atomic mass is 9.92. The Balaban J connectivity index is 1.87. The van der Waals surface area contributed by atoms with Crippen LogP contribution in [0.4, 0.5) is 5.95 Å². The molecule has 2 aromatic carbocycles. The number of carbonyl (C=O) groups is 1. The van der Waals surface area contributed by atoms with Crippen LogP contribution in [0, 0.1) is 0 Å². The number of nitrogens with one attached hydrogen (secondary N) is 1. The number of ether oxygens (including phenoxy) is 1. The zero-order valence-electron chi connectivity index (χ0n) is 15.8. The van der Waals surface area contributed by atoms with E-state index in [1.54, 1.807) is 6.92 Å². The molecule has 0 saturated heterocycles. The first-order valence-electron chi connectivity index (χ1n) is 9.28. The molecular formula is C22H23N3O2. The van der Waals surface area contributed by atoms with Gasteiger partial charge in [-0.15, -0.1) is 0 Å². The molecule has 138 valence electrons. The lowest BCUT2D eigenvalue weighted by Gasteiger charge is -2.30. The number of allylic oxidation sites excluding steroid dienone is 2. The maximum absolute atomic E-state index is 12.5. The SMILES string of the molecule is CCCOc1ccc([C@H]2C(C(C)=O)=C(C)Nc3nc4ccccc4n32)cc1. The normalized spacial score (nSPS) is 16.2. The van der Waals surface area contributed by atoms with E-state index in [2.05, 4.69) is 16.8 Å². The summed E-state index contributed by atoms with van der Waals surface area (Å²) in [5.41, 5.74) is 4.55. The first-order chi connectivity index (χ1) is 13.1. The van der Waals surface area contributed by atoms with Crippen molar-refractivity contribution >= 4 is 22.8 Å². The average Bonchev–Trinajstić information content (AvgIpc) is 3.03. The second-order valence-electron chi connectivity index (χ2n) is 6.83. The third-order valence-electron chi connectivity index (χ3n) is 4.88. The molecule has 0 radical (unpaired) electrons. The number of Topliss-reactive ketones (excluding diaryl/α,β-unsaturated/α-hetero) is 1. The number of carbonyl (C=O) groups excluding carboxylic acids is 1. The Hall–Kier alpha value is -3.08. The number of hydrogen-bond acceptors (Lipinski definition) is 4. The quantitative estimate of drug-likeness (QED) is 0.715. The Kier molecular flexibility index (Phi) is 4.44. The van der Waals surface area contributed by atoms with E-state index in [9.17, 15) is 4.79 Å². The Morgan fingerprint density at radius 1 is 1.19 bits per heavy atom. The highest BCUT2D eigenvalue weighted by atomic mass is 16.5. The summed E-state index contributed by atoms with van der Waals surface area (Å²) in [6.07, 6.45) is 0.969. The minimum absolute atomic E-state index is 0.0553. The number of benzene rings is 2. The molecule has 4 rings (SSSR count). The number of anilines is 1. The molecule has 3 aromatic rings. The van der Waals surface area contributed by atoms with E-state index in [1.165, 1.54) is 0 Å². The van der Waals surface area contributed by atoms with Gasteiger partial charge in [0.15, 0.2) is 5.78 Å². The van der Waals surface area contributed by atoms with Gasteiger partial charge in [0, 0.05) is 11.3 Å². The Morgan fingerprint density at radius 3 is 2.63 bits per heavy atom. The summed E-state index contributed by atoms with van der Waals surface area (Å²) in [5, 5.41) is 3.31. The molecule has 0 bridgehead atoms. The standard InChI is InChI=1S/C22H23N3O2/c1-4-13-27-17-11-9-16(10-12-17)21-20(15(3)26)14(2)23-22-24-18-7-5-6-8-19(18)25(21)22/h5-12,21H,4,13H2,1-3H3,(H,23,24)/t21-/m0/s1. The van der Waals surface area contributed by atoms with Crippen LogP contribution in [0.2, 0.25) is 0 Å². The highest BCUT2D eigenvalue weighted by Gasteiger charge is 2.32. The van der Waals surface area contributed by atoms with Gasteiger partial charge in [-0.2, -0.15) is 0 Å². The van der Waals surface area contributed by atoms with Crippen LogP contribution in [0.5, 0.6) is 5.75 Å². The summed E-state index contributed by atoms with van der Waals surface area (Å²) >= 11 is 0. The van der Waals surface area contributed by atoms with Crippen molar-refractivity contribution in [3.63, 3.8) is 0 Å². The van der Waals surface area contributed by atoms with Crippen molar-refractivity contribution in [2.45, 2.75) is 33.2 Å².